The van der Waals surface area contributed by atoms with Gasteiger partial charge >= 0.3 is 0 Å². The minimum Gasteiger partial charge on any atom is -0.497 e. The van der Waals surface area contributed by atoms with Crippen LogP contribution in [0.2, 0.25) is 0 Å². The molecule has 6 heteroatoms. The third-order valence-electron chi connectivity index (χ3n) is 2.20. The van der Waals surface area contributed by atoms with Crippen molar-refractivity contribution in [2.75, 3.05) is 12.4 Å². The summed E-state index contributed by atoms with van der Waals surface area (Å²) < 4.78 is 6.88. The summed E-state index contributed by atoms with van der Waals surface area (Å²) in [5.41, 5.74) is 0.708. The molecule has 0 saturated heterocycles. The highest BCUT2D eigenvalue weighted by Gasteiger charge is 2.12. The molecule has 1 N–H and O–H groups in total. The highest BCUT2D eigenvalue weighted by Crippen LogP contribution is 2.32. The second kappa shape index (κ2) is 5.86. The van der Waals surface area contributed by atoms with Gasteiger partial charge in [0.1, 0.15) is 5.75 Å². The highest BCUT2D eigenvalue weighted by molar-refractivity contribution is 9.13. The molecule has 3 nitrogen and oxygen atoms in total. The Morgan fingerprint density at radius 1 is 1.33 bits per heavy atom. The minimum atomic E-state index is -0.139. The van der Waals surface area contributed by atoms with E-state index in [4.69, 9.17) is 4.74 Å². The van der Waals surface area contributed by atoms with Crippen molar-refractivity contribution in [2.24, 2.45) is 0 Å². The maximum Gasteiger partial charge on any atom is 0.265 e. The van der Waals surface area contributed by atoms with Crippen LogP contribution in [-0.2, 0) is 0 Å². The van der Waals surface area contributed by atoms with E-state index in [0.717, 1.165) is 8.26 Å². The van der Waals surface area contributed by atoms with Crippen LogP contribution in [0, 0.1) is 0 Å². The first-order chi connectivity index (χ1) is 8.60. The number of anilines is 1. The third kappa shape index (κ3) is 3.13. The van der Waals surface area contributed by atoms with Gasteiger partial charge in [0.2, 0.25) is 0 Å². The van der Waals surface area contributed by atoms with Crippen LogP contribution in [0.15, 0.2) is 38.6 Å². The van der Waals surface area contributed by atoms with Crippen molar-refractivity contribution in [3.05, 3.63) is 43.5 Å². The topological polar surface area (TPSA) is 38.3 Å². The van der Waals surface area contributed by atoms with Gasteiger partial charge in [-0.05, 0) is 50.1 Å². The van der Waals surface area contributed by atoms with Gasteiger partial charge in [0.15, 0.2) is 0 Å². The molecule has 0 atom stereocenters. The lowest BCUT2D eigenvalue weighted by molar-refractivity contribution is 0.103. The van der Waals surface area contributed by atoms with Crippen molar-refractivity contribution in [1.82, 2.24) is 0 Å². The fourth-order valence-electron chi connectivity index (χ4n) is 1.35. The Hall–Kier alpha value is -0.850. The number of methoxy groups -OCH3 is 1. The normalized spacial score (nSPS) is 10.2. The Balaban J connectivity index is 2.15. The molecule has 0 saturated carbocycles. The van der Waals surface area contributed by atoms with Crippen LogP contribution in [0.1, 0.15) is 9.67 Å². The first-order valence-corrected chi connectivity index (χ1v) is 7.40. The molecular weight excluding hydrogens is 382 g/mol. The van der Waals surface area contributed by atoms with Gasteiger partial charge in [-0.3, -0.25) is 4.79 Å². The molecule has 2 rings (SSSR count). The Kier molecular flexibility index (Phi) is 4.42. The van der Waals surface area contributed by atoms with E-state index >= 15 is 0 Å². The zero-order valence-corrected chi connectivity index (χ0v) is 13.4. The Bertz CT molecular complexity index is 564. The van der Waals surface area contributed by atoms with Gasteiger partial charge in [-0.2, -0.15) is 0 Å². The van der Waals surface area contributed by atoms with Crippen molar-refractivity contribution in [2.45, 2.75) is 0 Å². The molecule has 1 aromatic carbocycles. The molecule has 0 aliphatic carbocycles. The monoisotopic (exact) mass is 389 g/mol. The molecule has 18 heavy (non-hydrogen) atoms. The Morgan fingerprint density at radius 2 is 2.11 bits per heavy atom. The zero-order chi connectivity index (χ0) is 13.1. The number of carbonyl (C=O) groups is 1. The van der Waals surface area contributed by atoms with E-state index in [1.807, 2.05) is 18.2 Å². The van der Waals surface area contributed by atoms with Crippen LogP contribution in [0.5, 0.6) is 5.75 Å². The van der Waals surface area contributed by atoms with Crippen molar-refractivity contribution in [3.8, 4) is 5.75 Å². The number of thiophene rings is 1. The van der Waals surface area contributed by atoms with E-state index < -0.39 is 0 Å². The van der Waals surface area contributed by atoms with Gasteiger partial charge < -0.3 is 10.1 Å². The van der Waals surface area contributed by atoms with E-state index in [9.17, 15) is 4.79 Å². The van der Waals surface area contributed by atoms with E-state index in [1.165, 1.54) is 11.3 Å². The number of rotatable bonds is 3. The number of nitrogens with one attached hydrogen (secondary N) is 1. The van der Waals surface area contributed by atoms with E-state index in [-0.39, 0.29) is 5.91 Å². The molecule has 1 amide bonds. The predicted molar refractivity (Wildman–Crippen MR) is 80.7 cm³/mol. The molecule has 94 valence electrons. The number of hydrogen-bond acceptors (Lipinski definition) is 3. The predicted octanol–water partition coefficient (Wildman–Crippen LogP) is 4.53. The quantitative estimate of drug-likeness (QED) is 0.835. The van der Waals surface area contributed by atoms with Crippen molar-refractivity contribution in [1.29, 1.82) is 0 Å². The smallest absolute Gasteiger partial charge is 0.265 e. The lowest BCUT2D eigenvalue weighted by atomic mass is 10.3. The zero-order valence-electron chi connectivity index (χ0n) is 9.37. The Morgan fingerprint density at radius 3 is 2.72 bits per heavy atom. The van der Waals surface area contributed by atoms with Crippen molar-refractivity contribution in [3.63, 3.8) is 0 Å². The third-order valence-corrected chi connectivity index (χ3v) is 5.45. The molecule has 0 fully saturated rings. The summed E-state index contributed by atoms with van der Waals surface area (Å²) in [6, 6.07) is 9.03. The maximum absolute atomic E-state index is 12.0. The molecule has 0 aliphatic rings. The molecule has 1 heterocycles. The summed E-state index contributed by atoms with van der Waals surface area (Å²) in [6.45, 7) is 0. The Labute approximate surface area is 125 Å². The summed E-state index contributed by atoms with van der Waals surface area (Å²) in [5.74, 6) is 0.570. The number of carbonyl (C=O) groups excluding carboxylic acids is 1. The summed E-state index contributed by atoms with van der Waals surface area (Å²) in [5, 5.41) is 2.82. The van der Waals surface area contributed by atoms with Gasteiger partial charge in [0.05, 0.1) is 15.8 Å². The standard InChI is InChI=1S/C12H9Br2NO2S/c1-17-8-4-2-3-7(5-8)15-12(16)10-6-9(13)11(14)18-10/h2-6H,1H3,(H,15,16). The molecule has 0 spiro atoms. The first kappa shape index (κ1) is 13.6. The molecule has 0 bridgehead atoms. The van der Waals surface area contributed by atoms with Gasteiger partial charge in [0.25, 0.3) is 5.91 Å². The van der Waals surface area contributed by atoms with E-state index in [1.54, 1.807) is 19.2 Å². The SMILES string of the molecule is COc1cccc(NC(=O)c2cc(Br)c(Br)s2)c1. The van der Waals surface area contributed by atoms with Gasteiger partial charge in [-0.1, -0.05) is 6.07 Å². The van der Waals surface area contributed by atoms with Crippen molar-refractivity contribution < 1.29 is 9.53 Å². The molecule has 1 aromatic heterocycles. The lowest BCUT2D eigenvalue weighted by Crippen LogP contribution is -2.09. The molecule has 0 radical (unpaired) electrons. The first-order valence-electron chi connectivity index (χ1n) is 5.00. The van der Waals surface area contributed by atoms with Gasteiger partial charge in [-0.25, -0.2) is 0 Å². The minimum absolute atomic E-state index is 0.139. The molecule has 0 unspecified atom stereocenters. The van der Waals surface area contributed by atoms with E-state index in [0.29, 0.717) is 16.3 Å². The second-order valence-corrected chi connectivity index (χ2v) is 6.64. The fourth-order valence-corrected chi connectivity index (χ4v) is 3.28. The largest absolute Gasteiger partial charge is 0.497 e. The number of halogens is 2. The average Bonchev–Trinajstić information content (AvgIpc) is 2.70. The molecule has 0 aliphatic heterocycles. The fraction of sp³-hybridized carbons (Fsp3) is 0.0833. The number of ether oxygens (including phenoxy) is 1. The van der Waals surface area contributed by atoms with Crippen LogP contribution in [0.4, 0.5) is 5.69 Å². The average molecular weight is 391 g/mol. The van der Waals surface area contributed by atoms with Crippen molar-refractivity contribution >= 4 is 54.8 Å². The maximum atomic E-state index is 12.0. The molecule has 2 aromatic rings. The van der Waals surface area contributed by atoms with Gasteiger partial charge in [0, 0.05) is 16.2 Å². The van der Waals surface area contributed by atoms with Crippen LogP contribution < -0.4 is 10.1 Å². The van der Waals surface area contributed by atoms with Crippen LogP contribution >= 0.6 is 43.2 Å². The lowest BCUT2D eigenvalue weighted by Gasteiger charge is -2.05. The second-order valence-electron chi connectivity index (χ2n) is 3.42. The highest BCUT2D eigenvalue weighted by atomic mass is 79.9. The van der Waals surface area contributed by atoms with Crippen LogP contribution in [0.3, 0.4) is 0 Å². The number of benzene rings is 1. The number of hydrogen-bond donors (Lipinski definition) is 1. The van der Waals surface area contributed by atoms with Gasteiger partial charge in [-0.15, -0.1) is 11.3 Å². The summed E-state index contributed by atoms with van der Waals surface area (Å²) in [6.07, 6.45) is 0. The van der Waals surface area contributed by atoms with E-state index in [2.05, 4.69) is 37.2 Å². The summed E-state index contributed by atoms with van der Waals surface area (Å²) >= 11 is 8.10. The van der Waals surface area contributed by atoms with Crippen LogP contribution in [0.25, 0.3) is 0 Å². The summed E-state index contributed by atoms with van der Waals surface area (Å²) in [4.78, 5) is 12.6. The molecular formula is C12H9Br2NO2S. The summed E-state index contributed by atoms with van der Waals surface area (Å²) in [7, 11) is 1.59. The van der Waals surface area contributed by atoms with Crippen LogP contribution in [-0.4, -0.2) is 13.0 Å². The number of amides is 1.